The zero-order valence-electron chi connectivity index (χ0n) is 17.7. The lowest BCUT2D eigenvalue weighted by atomic mass is 10.1. The highest BCUT2D eigenvalue weighted by Gasteiger charge is 2.13. The molecule has 3 heterocycles. The van der Waals surface area contributed by atoms with Gasteiger partial charge in [-0.3, -0.25) is 0 Å². The maximum Gasteiger partial charge on any atom is 0.179 e. The first kappa shape index (κ1) is 19.4. The molecule has 5 rings (SSSR count). The second-order valence-electron chi connectivity index (χ2n) is 7.82. The van der Waals surface area contributed by atoms with Crippen LogP contribution in [0.5, 0.6) is 0 Å². The van der Waals surface area contributed by atoms with Gasteiger partial charge in [0.2, 0.25) is 0 Å². The fourth-order valence-electron chi connectivity index (χ4n) is 3.85. The Morgan fingerprint density at radius 2 is 1.81 bits per heavy atom. The summed E-state index contributed by atoms with van der Waals surface area (Å²) in [4.78, 5) is 8.79. The summed E-state index contributed by atoms with van der Waals surface area (Å²) in [6.45, 7) is 3.37. The summed E-state index contributed by atoms with van der Waals surface area (Å²) in [5.41, 5.74) is 5.09. The molecule has 0 radical (unpaired) electrons. The van der Waals surface area contributed by atoms with Crippen LogP contribution in [0.2, 0.25) is 0 Å². The van der Waals surface area contributed by atoms with Gasteiger partial charge < -0.3 is 24.4 Å². The van der Waals surface area contributed by atoms with E-state index in [1.54, 1.807) is 0 Å². The van der Waals surface area contributed by atoms with Crippen LogP contribution < -0.4 is 15.1 Å². The van der Waals surface area contributed by atoms with Crippen LogP contribution in [0.4, 0.5) is 23.0 Å². The van der Waals surface area contributed by atoms with Crippen LogP contribution in [0.25, 0.3) is 22.1 Å². The number of hydrogen-bond donors (Lipinski definition) is 1. The molecule has 2 aromatic heterocycles. The number of nitrogens with one attached hydrogen (secondary N) is 1. The van der Waals surface area contributed by atoms with E-state index >= 15 is 0 Å². The lowest BCUT2D eigenvalue weighted by Gasteiger charge is -2.29. The van der Waals surface area contributed by atoms with Gasteiger partial charge in [-0.25, -0.2) is 4.98 Å². The second-order valence-corrected chi connectivity index (χ2v) is 7.82. The van der Waals surface area contributed by atoms with Gasteiger partial charge in [-0.15, -0.1) is 0 Å². The van der Waals surface area contributed by atoms with E-state index in [0.717, 1.165) is 65.7 Å². The van der Waals surface area contributed by atoms with Crippen LogP contribution in [0.15, 0.2) is 65.3 Å². The van der Waals surface area contributed by atoms with Crippen molar-refractivity contribution in [2.45, 2.75) is 0 Å². The van der Waals surface area contributed by atoms with E-state index in [0.29, 0.717) is 0 Å². The molecule has 0 amide bonds. The summed E-state index contributed by atoms with van der Waals surface area (Å²) in [5, 5.41) is 8.60. The minimum absolute atomic E-state index is 0.769. The monoisotopic (exact) mass is 415 g/mol. The number of hydrogen-bond acceptors (Lipinski definition) is 7. The number of morpholine rings is 1. The quantitative estimate of drug-likeness (QED) is 0.513. The van der Waals surface area contributed by atoms with Crippen LogP contribution in [0, 0.1) is 0 Å². The molecule has 0 atom stereocenters. The van der Waals surface area contributed by atoms with Gasteiger partial charge in [0.1, 0.15) is 5.82 Å². The van der Waals surface area contributed by atoms with E-state index in [9.17, 15) is 0 Å². The number of anilines is 4. The van der Waals surface area contributed by atoms with Crippen molar-refractivity contribution >= 4 is 34.0 Å². The molecule has 7 nitrogen and oxygen atoms in total. The molecule has 0 bridgehead atoms. The molecular formula is C24H25N5O2. The Kier molecular flexibility index (Phi) is 5.18. The number of ether oxygens (including phenoxy) is 1. The summed E-state index contributed by atoms with van der Waals surface area (Å²) in [5.74, 6) is 1.63. The third kappa shape index (κ3) is 4.04. The van der Waals surface area contributed by atoms with Crippen molar-refractivity contribution in [3.63, 3.8) is 0 Å². The topological polar surface area (TPSA) is 66.7 Å². The lowest BCUT2D eigenvalue weighted by molar-refractivity contribution is 0.122. The van der Waals surface area contributed by atoms with Crippen molar-refractivity contribution in [1.82, 2.24) is 10.1 Å². The summed E-state index contributed by atoms with van der Waals surface area (Å²) in [6, 6.07) is 18.6. The fourth-order valence-corrected chi connectivity index (χ4v) is 3.85. The maximum absolute atomic E-state index is 5.53. The summed E-state index contributed by atoms with van der Waals surface area (Å²) in [6.07, 6.45) is 1.82. The Morgan fingerprint density at radius 1 is 0.968 bits per heavy atom. The Morgan fingerprint density at radius 3 is 2.65 bits per heavy atom. The molecule has 7 heteroatoms. The van der Waals surface area contributed by atoms with Crippen LogP contribution in [0.1, 0.15) is 0 Å². The highest BCUT2D eigenvalue weighted by molar-refractivity contribution is 5.91. The van der Waals surface area contributed by atoms with Crippen molar-refractivity contribution in [2.24, 2.45) is 0 Å². The van der Waals surface area contributed by atoms with E-state index in [1.165, 1.54) is 5.69 Å². The average molecular weight is 415 g/mol. The van der Waals surface area contributed by atoms with Gasteiger partial charge in [0.25, 0.3) is 0 Å². The van der Waals surface area contributed by atoms with Crippen LogP contribution in [0.3, 0.4) is 0 Å². The van der Waals surface area contributed by atoms with Crippen molar-refractivity contribution in [3.8, 4) is 11.1 Å². The first-order valence-electron chi connectivity index (χ1n) is 10.4. The predicted octanol–water partition coefficient (Wildman–Crippen LogP) is 4.54. The third-order valence-electron chi connectivity index (χ3n) is 5.46. The highest BCUT2D eigenvalue weighted by Crippen LogP contribution is 2.31. The molecule has 31 heavy (non-hydrogen) atoms. The van der Waals surface area contributed by atoms with Gasteiger partial charge in [-0.05, 0) is 53.6 Å². The zero-order valence-corrected chi connectivity index (χ0v) is 17.7. The minimum Gasteiger partial charge on any atom is -0.378 e. The zero-order chi connectivity index (χ0) is 21.2. The largest absolute Gasteiger partial charge is 0.378 e. The summed E-state index contributed by atoms with van der Waals surface area (Å²) in [7, 11) is 3.92. The Hall–Kier alpha value is -3.58. The van der Waals surface area contributed by atoms with Crippen molar-refractivity contribution in [3.05, 3.63) is 60.8 Å². The Bertz CT molecular complexity index is 1200. The molecular weight excluding hydrogens is 390 g/mol. The average Bonchev–Trinajstić information content (AvgIpc) is 3.24. The van der Waals surface area contributed by atoms with E-state index in [4.69, 9.17) is 9.26 Å². The normalized spacial score (nSPS) is 14.1. The maximum atomic E-state index is 5.53. The number of nitrogens with zero attached hydrogens (tertiary/aromatic N) is 4. The van der Waals surface area contributed by atoms with Crippen LogP contribution in [-0.4, -0.2) is 50.5 Å². The molecule has 158 valence electrons. The van der Waals surface area contributed by atoms with Gasteiger partial charge >= 0.3 is 0 Å². The smallest absolute Gasteiger partial charge is 0.179 e. The van der Waals surface area contributed by atoms with Crippen molar-refractivity contribution in [2.75, 3.05) is 55.5 Å². The molecule has 4 aromatic rings. The van der Waals surface area contributed by atoms with Crippen molar-refractivity contribution < 1.29 is 9.26 Å². The van der Waals surface area contributed by atoms with E-state index in [2.05, 4.69) is 56.8 Å². The van der Waals surface area contributed by atoms with Gasteiger partial charge in [0, 0.05) is 44.8 Å². The van der Waals surface area contributed by atoms with E-state index in [1.807, 2.05) is 43.4 Å². The first-order valence-corrected chi connectivity index (χ1v) is 10.4. The predicted molar refractivity (Wildman–Crippen MR) is 124 cm³/mol. The number of pyridine rings is 1. The lowest BCUT2D eigenvalue weighted by Crippen LogP contribution is -2.36. The number of aromatic nitrogens is 2. The van der Waals surface area contributed by atoms with Gasteiger partial charge in [-0.1, -0.05) is 17.3 Å². The highest BCUT2D eigenvalue weighted by atomic mass is 16.5. The fraction of sp³-hybridized carbons (Fsp3) is 0.250. The van der Waals surface area contributed by atoms with Crippen LogP contribution >= 0.6 is 0 Å². The van der Waals surface area contributed by atoms with E-state index in [-0.39, 0.29) is 0 Å². The minimum atomic E-state index is 0.769. The molecule has 1 saturated heterocycles. The molecule has 0 spiro atoms. The Labute approximate surface area is 181 Å². The molecule has 1 fully saturated rings. The molecule has 1 N–H and O–H groups in total. The number of rotatable bonds is 5. The third-order valence-corrected chi connectivity index (χ3v) is 5.46. The summed E-state index contributed by atoms with van der Waals surface area (Å²) >= 11 is 0. The first-order chi connectivity index (χ1) is 15.2. The SMILES string of the molecule is CN(C)c1noc2cc(-c3ccnc(Nc4cccc(N5CCOCC5)c4)c3)ccc12. The molecule has 0 unspecified atom stereocenters. The van der Waals surface area contributed by atoms with Crippen LogP contribution in [-0.2, 0) is 4.74 Å². The van der Waals surface area contributed by atoms with Crippen molar-refractivity contribution in [1.29, 1.82) is 0 Å². The van der Waals surface area contributed by atoms with Gasteiger partial charge in [0.05, 0.1) is 18.6 Å². The Balaban J connectivity index is 1.39. The van der Waals surface area contributed by atoms with Gasteiger partial charge in [-0.2, -0.15) is 0 Å². The molecule has 1 aliphatic heterocycles. The van der Waals surface area contributed by atoms with E-state index < -0.39 is 0 Å². The second kappa shape index (κ2) is 8.28. The number of fused-ring (bicyclic) bond motifs is 1. The standard InChI is InChI=1S/C24H25N5O2/c1-28(2)24-21-7-6-17(14-22(21)31-27-24)18-8-9-25-23(15-18)26-19-4-3-5-20(16-19)29-10-12-30-13-11-29/h3-9,14-16H,10-13H2,1-2H3,(H,25,26). The molecule has 2 aromatic carbocycles. The summed E-state index contributed by atoms with van der Waals surface area (Å²) < 4.78 is 11.0. The molecule has 1 aliphatic rings. The number of benzene rings is 2. The molecule has 0 saturated carbocycles. The van der Waals surface area contributed by atoms with Gasteiger partial charge in [0.15, 0.2) is 11.4 Å². The molecule has 0 aliphatic carbocycles.